The van der Waals surface area contributed by atoms with E-state index in [0.29, 0.717) is 16.2 Å². The van der Waals surface area contributed by atoms with Crippen LogP contribution in [0.15, 0.2) is 0 Å². The number of hydrogen-bond donors (Lipinski definition) is 0. The first kappa shape index (κ1) is 19.6. The molecule has 0 aromatic rings. The second-order valence-electron chi connectivity index (χ2n) is 6.92. The van der Waals surface area contributed by atoms with Crippen LogP contribution in [0.1, 0.15) is 91.9 Å². The van der Waals surface area contributed by atoms with Gasteiger partial charge in [-0.25, -0.2) is 0 Å². The molecule has 19 heavy (non-hydrogen) atoms. The zero-order valence-corrected chi connectivity index (χ0v) is 15.0. The van der Waals surface area contributed by atoms with Crippen LogP contribution in [0.3, 0.4) is 0 Å². The van der Waals surface area contributed by atoms with E-state index in [4.69, 9.17) is 23.2 Å². The highest BCUT2D eigenvalue weighted by molar-refractivity contribution is 6.20. The third kappa shape index (κ3) is 14.8. The lowest BCUT2D eigenvalue weighted by atomic mass is 9.82. The van der Waals surface area contributed by atoms with Crippen molar-refractivity contribution in [2.24, 2.45) is 5.41 Å². The summed E-state index contributed by atoms with van der Waals surface area (Å²) in [4.78, 5) is 0. The Balaban J connectivity index is 3.46. The van der Waals surface area contributed by atoms with Crippen molar-refractivity contribution in [2.75, 3.05) is 0 Å². The highest BCUT2D eigenvalue weighted by Crippen LogP contribution is 2.30. The molecule has 0 aliphatic rings. The van der Waals surface area contributed by atoms with Gasteiger partial charge in [0.25, 0.3) is 0 Å². The summed E-state index contributed by atoms with van der Waals surface area (Å²) >= 11 is 11.9. The molecule has 0 aromatic heterocycles. The number of hydrogen-bond acceptors (Lipinski definition) is 0. The summed E-state index contributed by atoms with van der Waals surface area (Å²) in [6.07, 6.45) is 13.0. The van der Waals surface area contributed by atoms with Gasteiger partial charge in [-0.15, -0.1) is 23.2 Å². The van der Waals surface area contributed by atoms with Crippen molar-refractivity contribution in [1.29, 1.82) is 0 Å². The minimum Gasteiger partial charge on any atom is -0.123 e. The molecule has 0 amide bonds. The molecule has 2 atom stereocenters. The molecule has 0 aliphatic heterocycles. The standard InChI is InChI=1S/C17H34Cl2/c1-15(18)11-7-5-9-13-17(3,4)14-10-6-8-12-16(2)19/h15-16H,5-14H2,1-4H3. The Labute approximate surface area is 131 Å². The first-order valence-corrected chi connectivity index (χ1v) is 8.99. The van der Waals surface area contributed by atoms with E-state index in [-0.39, 0.29) is 0 Å². The molecule has 0 saturated carbocycles. The molecule has 0 heterocycles. The molecule has 116 valence electrons. The van der Waals surface area contributed by atoms with Crippen LogP contribution >= 0.6 is 23.2 Å². The quantitative estimate of drug-likeness (QED) is 0.265. The smallest absolute Gasteiger partial charge is 0.0307 e. The van der Waals surface area contributed by atoms with Crippen molar-refractivity contribution in [3.63, 3.8) is 0 Å². The van der Waals surface area contributed by atoms with E-state index >= 15 is 0 Å². The predicted molar refractivity (Wildman–Crippen MR) is 90.6 cm³/mol. The molecular formula is C17H34Cl2. The minimum atomic E-state index is 0.345. The van der Waals surface area contributed by atoms with E-state index in [2.05, 4.69) is 27.7 Å². The van der Waals surface area contributed by atoms with Crippen LogP contribution in [-0.2, 0) is 0 Å². The molecule has 0 radical (unpaired) electrons. The Morgan fingerprint density at radius 1 is 0.684 bits per heavy atom. The van der Waals surface area contributed by atoms with Crippen LogP contribution in [0.4, 0.5) is 0 Å². The van der Waals surface area contributed by atoms with Gasteiger partial charge in [-0.3, -0.25) is 0 Å². The lowest BCUT2D eigenvalue weighted by molar-refractivity contribution is 0.282. The Morgan fingerprint density at radius 3 is 1.37 bits per heavy atom. The largest absolute Gasteiger partial charge is 0.123 e. The molecule has 2 unspecified atom stereocenters. The average Bonchev–Trinajstić information content (AvgIpc) is 2.27. The third-order valence-electron chi connectivity index (χ3n) is 3.91. The Kier molecular flexibility index (Phi) is 11.6. The highest BCUT2D eigenvalue weighted by Gasteiger charge is 2.16. The molecule has 2 heteroatoms. The van der Waals surface area contributed by atoms with Crippen molar-refractivity contribution in [2.45, 2.75) is 103 Å². The van der Waals surface area contributed by atoms with Gasteiger partial charge < -0.3 is 0 Å². The summed E-state index contributed by atoms with van der Waals surface area (Å²) < 4.78 is 0. The first-order valence-electron chi connectivity index (χ1n) is 8.11. The third-order valence-corrected chi connectivity index (χ3v) is 4.35. The Bertz CT molecular complexity index is 177. The molecule has 0 nitrogen and oxygen atoms in total. The van der Waals surface area contributed by atoms with Gasteiger partial charge >= 0.3 is 0 Å². The molecular weight excluding hydrogens is 275 g/mol. The lowest BCUT2D eigenvalue weighted by Gasteiger charge is -2.24. The number of unbranched alkanes of at least 4 members (excludes halogenated alkanes) is 4. The monoisotopic (exact) mass is 308 g/mol. The maximum atomic E-state index is 5.96. The van der Waals surface area contributed by atoms with Crippen LogP contribution in [0, 0.1) is 5.41 Å². The number of rotatable bonds is 12. The minimum absolute atomic E-state index is 0.345. The van der Waals surface area contributed by atoms with Crippen molar-refractivity contribution >= 4 is 23.2 Å². The van der Waals surface area contributed by atoms with Gasteiger partial charge in [0.1, 0.15) is 0 Å². The predicted octanol–water partition coefficient (Wildman–Crippen LogP) is 7.17. The molecule has 0 aromatic carbocycles. The maximum Gasteiger partial charge on any atom is 0.0307 e. The molecule has 0 spiro atoms. The van der Waals surface area contributed by atoms with Gasteiger partial charge in [0, 0.05) is 10.8 Å². The van der Waals surface area contributed by atoms with E-state index in [1.54, 1.807) is 0 Å². The fourth-order valence-electron chi connectivity index (χ4n) is 2.54. The molecule has 0 rings (SSSR count). The lowest BCUT2D eigenvalue weighted by Crippen LogP contribution is -2.11. The highest BCUT2D eigenvalue weighted by atomic mass is 35.5. The van der Waals surface area contributed by atoms with Gasteiger partial charge in [-0.05, 0) is 44.9 Å². The average molecular weight is 309 g/mol. The fraction of sp³-hybridized carbons (Fsp3) is 1.00. The first-order chi connectivity index (χ1) is 8.83. The van der Waals surface area contributed by atoms with Crippen LogP contribution in [-0.4, -0.2) is 10.8 Å². The van der Waals surface area contributed by atoms with Crippen LogP contribution < -0.4 is 0 Å². The van der Waals surface area contributed by atoms with E-state index < -0.39 is 0 Å². The van der Waals surface area contributed by atoms with Crippen LogP contribution in [0.2, 0.25) is 0 Å². The maximum absolute atomic E-state index is 5.96. The zero-order chi connectivity index (χ0) is 14.7. The van der Waals surface area contributed by atoms with Crippen LogP contribution in [0.25, 0.3) is 0 Å². The van der Waals surface area contributed by atoms with E-state index in [0.717, 1.165) is 0 Å². The van der Waals surface area contributed by atoms with Gasteiger partial charge in [-0.2, -0.15) is 0 Å². The second kappa shape index (κ2) is 11.3. The Hall–Kier alpha value is 0.580. The van der Waals surface area contributed by atoms with Gasteiger partial charge in [-0.1, -0.05) is 52.4 Å². The summed E-state index contributed by atoms with van der Waals surface area (Å²) in [6, 6.07) is 0. The molecule has 0 saturated heterocycles. The van der Waals surface area contributed by atoms with E-state index in [1.165, 1.54) is 64.2 Å². The second-order valence-corrected chi connectivity index (χ2v) is 8.41. The van der Waals surface area contributed by atoms with Crippen molar-refractivity contribution in [3.8, 4) is 0 Å². The number of halogens is 2. The summed E-state index contributed by atoms with van der Waals surface area (Å²) in [7, 11) is 0. The van der Waals surface area contributed by atoms with Crippen molar-refractivity contribution < 1.29 is 0 Å². The van der Waals surface area contributed by atoms with Gasteiger partial charge in [0.05, 0.1) is 0 Å². The molecule has 0 aliphatic carbocycles. The summed E-state index contributed by atoms with van der Waals surface area (Å²) in [6.45, 7) is 9.02. The van der Waals surface area contributed by atoms with Crippen molar-refractivity contribution in [3.05, 3.63) is 0 Å². The van der Waals surface area contributed by atoms with Crippen LogP contribution in [0.5, 0.6) is 0 Å². The molecule has 0 bridgehead atoms. The van der Waals surface area contributed by atoms with E-state index in [9.17, 15) is 0 Å². The van der Waals surface area contributed by atoms with Gasteiger partial charge in [0.2, 0.25) is 0 Å². The van der Waals surface area contributed by atoms with Crippen molar-refractivity contribution in [1.82, 2.24) is 0 Å². The summed E-state index contributed by atoms with van der Waals surface area (Å²) in [5.74, 6) is 0. The Morgan fingerprint density at radius 2 is 1.05 bits per heavy atom. The summed E-state index contributed by atoms with van der Waals surface area (Å²) in [5, 5.41) is 0.690. The SMILES string of the molecule is CC(Cl)CCCCCC(C)(C)CCCCCC(C)Cl. The van der Waals surface area contributed by atoms with E-state index in [1.807, 2.05) is 0 Å². The zero-order valence-electron chi connectivity index (χ0n) is 13.5. The molecule has 0 fully saturated rings. The summed E-state index contributed by atoms with van der Waals surface area (Å²) in [5.41, 5.74) is 0.513. The fourth-order valence-corrected chi connectivity index (χ4v) is 2.85. The molecule has 0 N–H and O–H groups in total. The number of alkyl halides is 2. The topological polar surface area (TPSA) is 0 Å². The normalized spacial score (nSPS) is 15.5. The van der Waals surface area contributed by atoms with Gasteiger partial charge in [0.15, 0.2) is 0 Å².